The van der Waals surface area contributed by atoms with Crippen molar-refractivity contribution in [2.24, 2.45) is 0 Å². The van der Waals surface area contributed by atoms with Crippen LogP contribution in [0, 0.1) is 5.82 Å². The smallest absolute Gasteiger partial charge is 0.223 e. The Morgan fingerprint density at radius 1 is 1.11 bits per heavy atom. The fraction of sp³-hybridized carbons (Fsp3) is 0.381. The molecule has 1 amide bonds. The first-order valence-electron chi connectivity index (χ1n) is 9.24. The lowest BCUT2D eigenvalue weighted by molar-refractivity contribution is -0.121. The van der Waals surface area contributed by atoms with Gasteiger partial charge in [-0.15, -0.1) is 0 Å². The number of morpholine rings is 1. The first kappa shape index (κ1) is 19.3. The van der Waals surface area contributed by atoms with Crippen molar-refractivity contribution in [3.8, 4) is 5.75 Å². The van der Waals surface area contributed by atoms with E-state index in [4.69, 9.17) is 9.47 Å². The summed E-state index contributed by atoms with van der Waals surface area (Å²) in [6.45, 7) is 3.70. The lowest BCUT2D eigenvalue weighted by atomic mass is 10.0. The maximum absolute atomic E-state index is 13.3. The molecule has 5 nitrogen and oxygen atoms in total. The van der Waals surface area contributed by atoms with Crippen LogP contribution in [-0.4, -0.2) is 50.3 Å². The van der Waals surface area contributed by atoms with Gasteiger partial charge in [0.25, 0.3) is 0 Å². The van der Waals surface area contributed by atoms with Crippen LogP contribution in [0.25, 0.3) is 0 Å². The van der Waals surface area contributed by atoms with Gasteiger partial charge in [-0.3, -0.25) is 9.69 Å². The molecule has 0 saturated carbocycles. The maximum Gasteiger partial charge on any atom is 0.223 e. The summed E-state index contributed by atoms with van der Waals surface area (Å²) in [5.41, 5.74) is 0.985. The lowest BCUT2D eigenvalue weighted by Gasteiger charge is -2.35. The van der Waals surface area contributed by atoms with Crippen LogP contribution >= 0.6 is 0 Å². The minimum Gasteiger partial charge on any atom is -0.493 e. The highest BCUT2D eigenvalue weighted by molar-refractivity contribution is 5.76. The van der Waals surface area contributed by atoms with E-state index >= 15 is 0 Å². The van der Waals surface area contributed by atoms with E-state index < -0.39 is 0 Å². The molecule has 0 aliphatic carbocycles. The van der Waals surface area contributed by atoms with Gasteiger partial charge in [-0.2, -0.15) is 0 Å². The zero-order valence-electron chi connectivity index (χ0n) is 15.3. The summed E-state index contributed by atoms with van der Waals surface area (Å²) in [5.74, 6) is 0.427. The Bertz CT molecular complexity index is 703. The molecule has 6 heteroatoms. The van der Waals surface area contributed by atoms with Crippen molar-refractivity contribution < 1.29 is 18.7 Å². The Balaban J connectivity index is 1.52. The van der Waals surface area contributed by atoms with E-state index in [9.17, 15) is 9.18 Å². The Kier molecular flexibility index (Phi) is 7.19. The lowest BCUT2D eigenvalue weighted by Crippen LogP contribution is -2.44. The number of nitrogens with zero attached hydrogens (tertiary/aromatic N) is 1. The van der Waals surface area contributed by atoms with Gasteiger partial charge in [0.1, 0.15) is 11.6 Å². The highest BCUT2D eigenvalue weighted by Crippen LogP contribution is 2.21. The van der Waals surface area contributed by atoms with Crippen LogP contribution in [0.15, 0.2) is 54.6 Å². The highest BCUT2D eigenvalue weighted by atomic mass is 19.1. The van der Waals surface area contributed by atoms with Crippen LogP contribution in [-0.2, 0) is 9.53 Å². The largest absolute Gasteiger partial charge is 0.493 e. The number of benzene rings is 2. The molecule has 144 valence electrons. The van der Waals surface area contributed by atoms with Crippen molar-refractivity contribution >= 4 is 5.91 Å². The molecule has 2 aromatic rings. The molecule has 0 aromatic heterocycles. The van der Waals surface area contributed by atoms with Crippen LogP contribution in [0.3, 0.4) is 0 Å². The number of halogens is 1. The summed E-state index contributed by atoms with van der Waals surface area (Å²) in [5, 5.41) is 2.98. The van der Waals surface area contributed by atoms with E-state index in [1.807, 2.05) is 30.3 Å². The number of hydrogen-bond donors (Lipinski definition) is 1. The van der Waals surface area contributed by atoms with Gasteiger partial charge in [0.2, 0.25) is 5.91 Å². The molecule has 1 saturated heterocycles. The van der Waals surface area contributed by atoms with E-state index in [0.717, 1.165) is 24.4 Å². The summed E-state index contributed by atoms with van der Waals surface area (Å²) in [4.78, 5) is 14.5. The number of carbonyl (C=O) groups excluding carboxylic acids is 1. The summed E-state index contributed by atoms with van der Waals surface area (Å²) in [6.07, 6.45) is 0.286. The number of amides is 1. The van der Waals surface area contributed by atoms with E-state index in [-0.39, 0.29) is 24.2 Å². The number of para-hydroxylation sites is 1. The van der Waals surface area contributed by atoms with Gasteiger partial charge in [0, 0.05) is 19.6 Å². The molecule has 0 radical (unpaired) electrons. The summed E-state index contributed by atoms with van der Waals surface area (Å²) in [6, 6.07) is 15.9. The van der Waals surface area contributed by atoms with Crippen molar-refractivity contribution in [1.82, 2.24) is 10.2 Å². The standard InChI is InChI=1S/C21H25FN2O3/c22-18-8-6-17(7-9-18)20(24-11-14-26-15-12-24)16-23-21(25)10-13-27-19-4-2-1-3-5-19/h1-9,20H,10-16H2,(H,23,25). The average molecular weight is 372 g/mol. The number of hydrogen-bond acceptors (Lipinski definition) is 4. The van der Waals surface area contributed by atoms with E-state index in [0.29, 0.717) is 26.4 Å². The van der Waals surface area contributed by atoms with Crippen LogP contribution in [0.1, 0.15) is 18.0 Å². The molecule has 1 aliphatic heterocycles. The molecule has 27 heavy (non-hydrogen) atoms. The summed E-state index contributed by atoms with van der Waals surface area (Å²) < 4.78 is 24.3. The van der Waals surface area contributed by atoms with Gasteiger partial charge < -0.3 is 14.8 Å². The predicted molar refractivity (Wildman–Crippen MR) is 101 cm³/mol. The quantitative estimate of drug-likeness (QED) is 0.774. The third kappa shape index (κ3) is 6.05. The third-order valence-electron chi connectivity index (χ3n) is 4.57. The zero-order valence-corrected chi connectivity index (χ0v) is 15.3. The second-order valence-corrected chi connectivity index (χ2v) is 6.43. The zero-order chi connectivity index (χ0) is 18.9. The minimum atomic E-state index is -0.262. The molecule has 0 spiro atoms. The molecule has 1 unspecified atom stereocenters. The number of carbonyl (C=O) groups is 1. The van der Waals surface area contributed by atoms with Gasteiger partial charge >= 0.3 is 0 Å². The summed E-state index contributed by atoms with van der Waals surface area (Å²) in [7, 11) is 0. The molecule has 0 bridgehead atoms. The Morgan fingerprint density at radius 3 is 2.52 bits per heavy atom. The number of ether oxygens (including phenoxy) is 2. The van der Waals surface area contributed by atoms with Gasteiger partial charge in [-0.1, -0.05) is 30.3 Å². The topological polar surface area (TPSA) is 50.8 Å². The normalized spacial score (nSPS) is 15.9. The molecule has 2 aromatic carbocycles. The Hall–Kier alpha value is -2.44. The fourth-order valence-electron chi connectivity index (χ4n) is 3.11. The maximum atomic E-state index is 13.3. The van der Waals surface area contributed by atoms with Crippen molar-refractivity contribution in [3.05, 3.63) is 66.0 Å². The second-order valence-electron chi connectivity index (χ2n) is 6.43. The van der Waals surface area contributed by atoms with Gasteiger partial charge in [-0.25, -0.2) is 4.39 Å². The summed E-state index contributed by atoms with van der Waals surface area (Å²) >= 11 is 0. The van der Waals surface area contributed by atoms with Gasteiger partial charge in [0.15, 0.2) is 0 Å². The van der Waals surface area contributed by atoms with Crippen molar-refractivity contribution in [3.63, 3.8) is 0 Å². The van der Waals surface area contributed by atoms with E-state index in [2.05, 4.69) is 10.2 Å². The monoisotopic (exact) mass is 372 g/mol. The predicted octanol–water partition coefficient (Wildman–Crippen LogP) is 2.78. The molecule has 1 N–H and O–H groups in total. The van der Waals surface area contributed by atoms with Gasteiger partial charge in [0.05, 0.1) is 32.3 Å². The van der Waals surface area contributed by atoms with Crippen LogP contribution < -0.4 is 10.1 Å². The number of nitrogens with one attached hydrogen (secondary N) is 1. The minimum absolute atomic E-state index is 0.00603. The number of rotatable bonds is 8. The van der Waals surface area contributed by atoms with Crippen molar-refractivity contribution in [2.45, 2.75) is 12.5 Å². The molecule has 1 heterocycles. The van der Waals surface area contributed by atoms with Crippen LogP contribution in [0.2, 0.25) is 0 Å². The van der Waals surface area contributed by atoms with Crippen LogP contribution in [0.5, 0.6) is 5.75 Å². The van der Waals surface area contributed by atoms with Crippen molar-refractivity contribution in [1.29, 1.82) is 0 Å². The van der Waals surface area contributed by atoms with Gasteiger partial charge in [-0.05, 0) is 29.8 Å². The first-order chi connectivity index (χ1) is 13.2. The SMILES string of the molecule is O=C(CCOc1ccccc1)NCC(c1ccc(F)cc1)N1CCOCC1. The first-order valence-corrected chi connectivity index (χ1v) is 9.24. The third-order valence-corrected chi connectivity index (χ3v) is 4.57. The van der Waals surface area contributed by atoms with Crippen LogP contribution in [0.4, 0.5) is 4.39 Å². The molecule has 3 rings (SSSR count). The second kappa shape index (κ2) is 10.0. The molecule has 1 fully saturated rings. The molecular weight excluding hydrogens is 347 g/mol. The van der Waals surface area contributed by atoms with E-state index in [1.165, 1.54) is 12.1 Å². The van der Waals surface area contributed by atoms with E-state index in [1.54, 1.807) is 12.1 Å². The average Bonchev–Trinajstić information content (AvgIpc) is 2.71. The molecular formula is C21H25FN2O3. The molecule has 1 atom stereocenters. The Labute approximate surface area is 159 Å². The van der Waals surface area contributed by atoms with Crippen molar-refractivity contribution in [2.75, 3.05) is 39.5 Å². The molecule has 1 aliphatic rings. The fourth-order valence-corrected chi connectivity index (χ4v) is 3.11. The highest BCUT2D eigenvalue weighted by Gasteiger charge is 2.23. The Morgan fingerprint density at radius 2 is 1.81 bits per heavy atom.